The fourth-order valence-corrected chi connectivity index (χ4v) is 1.86. The van der Waals surface area contributed by atoms with Gasteiger partial charge in [-0.1, -0.05) is 0 Å². The maximum Gasteiger partial charge on any atom is 0.232 e. The molecule has 6 heteroatoms. The molecule has 0 atom stereocenters. The standard InChI is InChI=1S/C11H17BrN4O/c1-13-11-14-7-9(12)10(15-11)17-6-5-16(2)8-3-4-8/h7-8H,3-6H2,1-2H3,(H,13,14,15). The number of likely N-dealkylation sites (N-methyl/N-ethyl adjacent to an activating group) is 1. The Labute approximate surface area is 110 Å². The monoisotopic (exact) mass is 300 g/mol. The Balaban J connectivity index is 1.84. The highest BCUT2D eigenvalue weighted by atomic mass is 79.9. The largest absolute Gasteiger partial charge is 0.475 e. The van der Waals surface area contributed by atoms with Crippen LogP contribution in [0.4, 0.5) is 5.95 Å². The highest BCUT2D eigenvalue weighted by Crippen LogP contribution is 2.25. The topological polar surface area (TPSA) is 50.3 Å². The molecule has 17 heavy (non-hydrogen) atoms. The van der Waals surface area contributed by atoms with Crippen molar-refractivity contribution in [2.75, 3.05) is 32.6 Å². The first kappa shape index (κ1) is 12.6. The summed E-state index contributed by atoms with van der Waals surface area (Å²) in [5, 5.41) is 2.89. The van der Waals surface area contributed by atoms with E-state index in [-0.39, 0.29) is 0 Å². The van der Waals surface area contributed by atoms with Gasteiger partial charge in [0.2, 0.25) is 11.8 Å². The lowest BCUT2D eigenvalue weighted by molar-refractivity contribution is 0.225. The molecule has 0 bridgehead atoms. The van der Waals surface area contributed by atoms with Crippen molar-refractivity contribution in [3.63, 3.8) is 0 Å². The molecular formula is C11H17BrN4O. The summed E-state index contributed by atoms with van der Waals surface area (Å²) in [4.78, 5) is 10.6. The Morgan fingerprint density at radius 2 is 2.35 bits per heavy atom. The summed E-state index contributed by atoms with van der Waals surface area (Å²) in [6.07, 6.45) is 4.33. The fraction of sp³-hybridized carbons (Fsp3) is 0.636. The van der Waals surface area contributed by atoms with E-state index in [2.05, 4.69) is 43.2 Å². The van der Waals surface area contributed by atoms with Gasteiger partial charge in [-0.05, 0) is 35.8 Å². The second-order valence-electron chi connectivity index (χ2n) is 4.16. The van der Waals surface area contributed by atoms with Gasteiger partial charge in [-0.15, -0.1) is 0 Å². The minimum Gasteiger partial charge on any atom is -0.475 e. The Hall–Kier alpha value is -0.880. The smallest absolute Gasteiger partial charge is 0.232 e. The van der Waals surface area contributed by atoms with Gasteiger partial charge in [0.25, 0.3) is 0 Å². The number of halogens is 1. The highest BCUT2D eigenvalue weighted by molar-refractivity contribution is 9.10. The number of nitrogens with one attached hydrogen (secondary N) is 1. The van der Waals surface area contributed by atoms with Crippen LogP contribution >= 0.6 is 15.9 Å². The van der Waals surface area contributed by atoms with E-state index in [1.165, 1.54) is 12.8 Å². The molecule has 0 spiro atoms. The van der Waals surface area contributed by atoms with Gasteiger partial charge in [0.15, 0.2) is 0 Å². The molecule has 1 heterocycles. The fourth-order valence-electron chi connectivity index (χ4n) is 1.56. The maximum absolute atomic E-state index is 5.65. The van der Waals surface area contributed by atoms with Crippen molar-refractivity contribution in [2.24, 2.45) is 0 Å². The number of anilines is 1. The van der Waals surface area contributed by atoms with Crippen LogP contribution in [0.5, 0.6) is 5.88 Å². The summed E-state index contributed by atoms with van der Waals surface area (Å²) >= 11 is 3.38. The van der Waals surface area contributed by atoms with Gasteiger partial charge in [-0.2, -0.15) is 4.98 Å². The normalized spacial score (nSPS) is 15.1. The van der Waals surface area contributed by atoms with Gasteiger partial charge in [-0.25, -0.2) is 4.98 Å². The summed E-state index contributed by atoms with van der Waals surface area (Å²) in [5.41, 5.74) is 0. The zero-order valence-electron chi connectivity index (χ0n) is 10.1. The van der Waals surface area contributed by atoms with Crippen LogP contribution in [0, 0.1) is 0 Å². The van der Waals surface area contributed by atoms with Crippen LogP contribution in [0.15, 0.2) is 10.7 Å². The third kappa shape index (κ3) is 3.54. The van der Waals surface area contributed by atoms with Crippen molar-refractivity contribution in [3.8, 4) is 5.88 Å². The quantitative estimate of drug-likeness (QED) is 0.867. The highest BCUT2D eigenvalue weighted by Gasteiger charge is 2.25. The number of rotatable bonds is 6. The van der Waals surface area contributed by atoms with Crippen LogP contribution in [-0.4, -0.2) is 48.2 Å². The first-order valence-corrected chi connectivity index (χ1v) is 6.53. The van der Waals surface area contributed by atoms with Crippen molar-refractivity contribution in [2.45, 2.75) is 18.9 Å². The lowest BCUT2D eigenvalue weighted by Gasteiger charge is -2.15. The van der Waals surface area contributed by atoms with E-state index in [9.17, 15) is 0 Å². The van der Waals surface area contributed by atoms with Crippen molar-refractivity contribution in [1.82, 2.24) is 14.9 Å². The van der Waals surface area contributed by atoms with Crippen LogP contribution in [0.1, 0.15) is 12.8 Å². The van der Waals surface area contributed by atoms with Crippen molar-refractivity contribution in [3.05, 3.63) is 10.7 Å². The van der Waals surface area contributed by atoms with Gasteiger partial charge in [-0.3, -0.25) is 0 Å². The van der Waals surface area contributed by atoms with E-state index >= 15 is 0 Å². The van der Waals surface area contributed by atoms with Crippen LogP contribution < -0.4 is 10.1 Å². The molecule has 0 unspecified atom stereocenters. The Kier molecular flexibility index (Phi) is 4.17. The summed E-state index contributed by atoms with van der Waals surface area (Å²) in [6, 6.07) is 0.764. The minimum absolute atomic E-state index is 0.568. The Morgan fingerprint density at radius 3 is 3.00 bits per heavy atom. The molecular weight excluding hydrogens is 284 g/mol. The predicted molar refractivity (Wildman–Crippen MR) is 70.4 cm³/mol. The van der Waals surface area contributed by atoms with Crippen molar-refractivity contribution in [1.29, 1.82) is 0 Å². The molecule has 0 amide bonds. The number of nitrogens with zero attached hydrogens (tertiary/aromatic N) is 3. The molecule has 0 aromatic carbocycles. The number of hydrogen-bond donors (Lipinski definition) is 1. The van der Waals surface area contributed by atoms with E-state index < -0.39 is 0 Å². The van der Waals surface area contributed by atoms with Crippen molar-refractivity contribution < 1.29 is 4.74 Å². The third-order valence-electron chi connectivity index (χ3n) is 2.79. The lowest BCUT2D eigenvalue weighted by atomic mass is 10.5. The number of ether oxygens (including phenoxy) is 1. The van der Waals surface area contributed by atoms with Gasteiger partial charge < -0.3 is 15.0 Å². The SMILES string of the molecule is CNc1ncc(Br)c(OCCN(C)C2CC2)n1. The van der Waals surface area contributed by atoms with E-state index in [1.54, 1.807) is 13.2 Å². The first-order chi connectivity index (χ1) is 8.20. The molecule has 1 aromatic rings. The average molecular weight is 301 g/mol. The summed E-state index contributed by atoms with van der Waals surface area (Å²) in [5.74, 6) is 1.16. The lowest BCUT2D eigenvalue weighted by Crippen LogP contribution is -2.26. The Bertz CT molecular complexity index is 384. The average Bonchev–Trinajstić information content (AvgIpc) is 3.15. The number of aromatic nitrogens is 2. The van der Waals surface area contributed by atoms with Crippen molar-refractivity contribution >= 4 is 21.9 Å². The summed E-state index contributed by atoms with van der Waals surface area (Å²) in [7, 11) is 3.92. The molecule has 1 aliphatic carbocycles. The van der Waals surface area contributed by atoms with Gasteiger partial charge >= 0.3 is 0 Å². The molecule has 5 nitrogen and oxygen atoms in total. The molecule has 0 radical (unpaired) electrons. The van der Waals surface area contributed by atoms with Crippen LogP contribution in [0.2, 0.25) is 0 Å². The van der Waals surface area contributed by atoms with Gasteiger partial charge in [0.05, 0.1) is 10.7 Å². The molecule has 1 aliphatic rings. The zero-order valence-corrected chi connectivity index (χ0v) is 11.7. The van der Waals surface area contributed by atoms with E-state index in [4.69, 9.17) is 4.74 Å². The van der Waals surface area contributed by atoms with E-state index in [1.807, 2.05) is 0 Å². The second kappa shape index (κ2) is 5.64. The van der Waals surface area contributed by atoms with E-state index in [0.717, 1.165) is 17.1 Å². The predicted octanol–water partition coefficient (Wildman–Crippen LogP) is 1.75. The van der Waals surface area contributed by atoms with Gasteiger partial charge in [0.1, 0.15) is 6.61 Å². The minimum atomic E-state index is 0.568. The summed E-state index contributed by atoms with van der Waals surface area (Å²) < 4.78 is 6.43. The Morgan fingerprint density at radius 1 is 1.59 bits per heavy atom. The zero-order chi connectivity index (χ0) is 12.3. The van der Waals surface area contributed by atoms with E-state index in [0.29, 0.717) is 18.4 Å². The third-order valence-corrected chi connectivity index (χ3v) is 3.33. The second-order valence-corrected chi connectivity index (χ2v) is 5.01. The first-order valence-electron chi connectivity index (χ1n) is 5.74. The molecule has 2 rings (SSSR count). The maximum atomic E-state index is 5.65. The molecule has 94 valence electrons. The van der Waals surface area contributed by atoms with Crippen LogP contribution in [0.25, 0.3) is 0 Å². The molecule has 1 fully saturated rings. The summed E-state index contributed by atoms with van der Waals surface area (Å²) in [6.45, 7) is 1.57. The van der Waals surface area contributed by atoms with Crippen LogP contribution in [-0.2, 0) is 0 Å². The number of hydrogen-bond acceptors (Lipinski definition) is 5. The van der Waals surface area contributed by atoms with Gasteiger partial charge in [0, 0.05) is 19.6 Å². The molecule has 1 saturated carbocycles. The molecule has 1 aromatic heterocycles. The molecule has 0 saturated heterocycles. The molecule has 0 aliphatic heterocycles. The molecule has 1 N–H and O–H groups in total. The van der Waals surface area contributed by atoms with Crippen LogP contribution in [0.3, 0.4) is 0 Å².